The first kappa shape index (κ1) is 15.9. The summed E-state index contributed by atoms with van der Waals surface area (Å²) < 4.78 is 5.64. The van der Waals surface area contributed by atoms with Gasteiger partial charge in [-0.3, -0.25) is 14.5 Å². The van der Waals surface area contributed by atoms with Crippen LogP contribution < -0.4 is 5.32 Å². The highest BCUT2D eigenvalue weighted by Crippen LogP contribution is 2.29. The molecule has 0 fully saturated rings. The van der Waals surface area contributed by atoms with E-state index in [1.165, 1.54) is 28.0 Å². The zero-order valence-corrected chi connectivity index (χ0v) is 13.9. The van der Waals surface area contributed by atoms with E-state index in [1.54, 1.807) is 31.4 Å². The average Bonchev–Trinajstić information content (AvgIpc) is 3.11. The van der Waals surface area contributed by atoms with Gasteiger partial charge in [-0.25, -0.2) is 0 Å². The minimum atomic E-state index is -0.263. The third kappa shape index (κ3) is 3.36. The van der Waals surface area contributed by atoms with Crippen molar-refractivity contribution in [2.45, 2.75) is 4.34 Å². The molecule has 0 saturated heterocycles. The van der Waals surface area contributed by atoms with E-state index in [2.05, 4.69) is 15.5 Å². The van der Waals surface area contributed by atoms with Gasteiger partial charge in [0.25, 0.3) is 11.8 Å². The van der Waals surface area contributed by atoms with Gasteiger partial charge in [0.2, 0.25) is 5.13 Å². The lowest BCUT2D eigenvalue weighted by Crippen LogP contribution is -2.29. The molecule has 23 heavy (non-hydrogen) atoms. The first-order chi connectivity index (χ1) is 11.2. The van der Waals surface area contributed by atoms with E-state index in [-0.39, 0.29) is 17.7 Å². The predicted molar refractivity (Wildman–Crippen MR) is 87.9 cm³/mol. The lowest BCUT2D eigenvalue weighted by atomic mass is 10.1. The van der Waals surface area contributed by atoms with Gasteiger partial charge in [0.05, 0.1) is 23.6 Å². The molecule has 2 aromatic rings. The summed E-state index contributed by atoms with van der Waals surface area (Å²) in [4.78, 5) is 25.7. The SMILES string of the molecule is COCCNc1nnc(SCN2C(=O)c3ccccc3C2=O)s1. The molecule has 0 bridgehead atoms. The van der Waals surface area contributed by atoms with Crippen LogP contribution in [0.15, 0.2) is 28.6 Å². The lowest BCUT2D eigenvalue weighted by molar-refractivity contribution is 0.0684. The number of anilines is 1. The Bertz CT molecular complexity index is 699. The van der Waals surface area contributed by atoms with Gasteiger partial charge in [-0.2, -0.15) is 0 Å². The van der Waals surface area contributed by atoms with E-state index >= 15 is 0 Å². The fourth-order valence-corrected chi connectivity index (χ4v) is 3.78. The van der Waals surface area contributed by atoms with Gasteiger partial charge in [-0.1, -0.05) is 35.2 Å². The standard InChI is InChI=1S/C14H14N4O3S2/c1-21-7-6-15-13-16-17-14(23-13)22-8-18-11(19)9-4-2-3-5-10(9)12(18)20/h2-5H,6-8H2,1H3,(H,15,16). The van der Waals surface area contributed by atoms with E-state index in [0.29, 0.717) is 33.7 Å². The van der Waals surface area contributed by atoms with Crippen LogP contribution in [0.5, 0.6) is 0 Å². The Hall–Kier alpha value is -1.97. The van der Waals surface area contributed by atoms with Crippen LogP contribution in [-0.2, 0) is 4.74 Å². The molecule has 1 aromatic carbocycles. The molecule has 1 aromatic heterocycles. The van der Waals surface area contributed by atoms with E-state index in [9.17, 15) is 9.59 Å². The maximum Gasteiger partial charge on any atom is 0.262 e. The predicted octanol–water partition coefficient (Wildman–Crippen LogP) is 1.94. The molecule has 9 heteroatoms. The molecule has 0 spiro atoms. The molecular formula is C14H14N4O3S2. The molecule has 0 saturated carbocycles. The second-order valence-corrected chi connectivity index (χ2v) is 6.82. The molecule has 0 radical (unpaired) electrons. The Balaban J connectivity index is 1.59. The highest BCUT2D eigenvalue weighted by Gasteiger charge is 2.35. The molecule has 0 aliphatic carbocycles. The van der Waals surface area contributed by atoms with Crippen molar-refractivity contribution in [2.24, 2.45) is 0 Å². The number of hydrogen-bond acceptors (Lipinski definition) is 8. The smallest absolute Gasteiger partial charge is 0.262 e. The second kappa shape index (κ2) is 7.07. The Morgan fingerprint density at radius 2 is 1.91 bits per heavy atom. The zero-order chi connectivity index (χ0) is 16.2. The van der Waals surface area contributed by atoms with Gasteiger partial charge in [-0.15, -0.1) is 10.2 Å². The van der Waals surface area contributed by atoms with Crippen molar-refractivity contribution in [2.75, 3.05) is 31.5 Å². The topological polar surface area (TPSA) is 84.4 Å². The molecule has 7 nitrogen and oxygen atoms in total. The van der Waals surface area contributed by atoms with Crippen molar-refractivity contribution in [1.82, 2.24) is 15.1 Å². The van der Waals surface area contributed by atoms with Crippen molar-refractivity contribution in [3.63, 3.8) is 0 Å². The Morgan fingerprint density at radius 3 is 2.57 bits per heavy atom. The number of amides is 2. The maximum absolute atomic E-state index is 12.2. The molecule has 2 heterocycles. The third-order valence-corrected chi connectivity index (χ3v) is 5.18. The number of hydrogen-bond donors (Lipinski definition) is 1. The summed E-state index contributed by atoms with van der Waals surface area (Å²) in [5.41, 5.74) is 0.912. The number of rotatable bonds is 7. The van der Waals surface area contributed by atoms with Crippen molar-refractivity contribution in [1.29, 1.82) is 0 Å². The summed E-state index contributed by atoms with van der Waals surface area (Å²) in [5.74, 6) is -0.305. The van der Waals surface area contributed by atoms with Gasteiger partial charge in [0.15, 0.2) is 4.34 Å². The molecule has 1 aliphatic rings. The molecule has 120 valence electrons. The normalized spacial score (nSPS) is 13.5. The highest BCUT2D eigenvalue weighted by atomic mass is 32.2. The highest BCUT2D eigenvalue weighted by molar-refractivity contribution is 8.01. The summed E-state index contributed by atoms with van der Waals surface area (Å²) in [6, 6.07) is 6.85. The third-order valence-electron chi connectivity index (χ3n) is 3.18. The van der Waals surface area contributed by atoms with Gasteiger partial charge < -0.3 is 10.1 Å². The van der Waals surface area contributed by atoms with Crippen molar-refractivity contribution in [3.8, 4) is 0 Å². The number of carbonyl (C=O) groups is 2. The Labute approximate surface area is 141 Å². The van der Waals surface area contributed by atoms with Gasteiger partial charge >= 0.3 is 0 Å². The molecule has 2 amide bonds. The minimum Gasteiger partial charge on any atom is -0.383 e. The van der Waals surface area contributed by atoms with E-state index in [1.807, 2.05) is 0 Å². The largest absolute Gasteiger partial charge is 0.383 e. The summed E-state index contributed by atoms with van der Waals surface area (Å²) in [5, 5.41) is 11.8. The molecule has 3 rings (SSSR count). The first-order valence-electron chi connectivity index (χ1n) is 6.85. The fraction of sp³-hybridized carbons (Fsp3) is 0.286. The Kier molecular flexibility index (Phi) is 4.89. The van der Waals surface area contributed by atoms with Gasteiger partial charge in [0, 0.05) is 13.7 Å². The van der Waals surface area contributed by atoms with Crippen LogP contribution >= 0.6 is 23.1 Å². The van der Waals surface area contributed by atoms with Crippen LogP contribution in [0.25, 0.3) is 0 Å². The number of benzene rings is 1. The summed E-state index contributed by atoms with van der Waals surface area (Å²) in [6.07, 6.45) is 0. The molecule has 1 aliphatic heterocycles. The van der Waals surface area contributed by atoms with Gasteiger partial charge in [0.1, 0.15) is 0 Å². The van der Waals surface area contributed by atoms with Crippen LogP contribution in [0.4, 0.5) is 5.13 Å². The van der Waals surface area contributed by atoms with E-state index in [4.69, 9.17) is 4.74 Å². The monoisotopic (exact) mass is 350 g/mol. The van der Waals surface area contributed by atoms with Crippen molar-refractivity contribution < 1.29 is 14.3 Å². The fourth-order valence-electron chi connectivity index (χ4n) is 2.08. The van der Waals surface area contributed by atoms with Crippen molar-refractivity contribution in [3.05, 3.63) is 35.4 Å². The average molecular weight is 350 g/mol. The molecule has 0 atom stereocenters. The second-order valence-electron chi connectivity index (χ2n) is 4.65. The Morgan fingerprint density at radius 1 is 1.22 bits per heavy atom. The lowest BCUT2D eigenvalue weighted by Gasteiger charge is -2.11. The number of methoxy groups -OCH3 is 1. The number of aromatic nitrogens is 2. The number of ether oxygens (including phenoxy) is 1. The first-order valence-corrected chi connectivity index (χ1v) is 8.65. The summed E-state index contributed by atoms with van der Waals surface area (Å²) in [7, 11) is 1.63. The number of nitrogens with one attached hydrogen (secondary N) is 1. The zero-order valence-electron chi connectivity index (χ0n) is 12.3. The number of imide groups is 1. The quantitative estimate of drug-likeness (QED) is 0.464. The maximum atomic E-state index is 12.2. The van der Waals surface area contributed by atoms with E-state index < -0.39 is 0 Å². The number of thioether (sulfide) groups is 1. The minimum absolute atomic E-state index is 0.221. The van der Waals surface area contributed by atoms with Gasteiger partial charge in [-0.05, 0) is 12.1 Å². The number of nitrogens with zero attached hydrogens (tertiary/aromatic N) is 3. The van der Waals surface area contributed by atoms with Crippen LogP contribution in [0.1, 0.15) is 20.7 Å². The van der Waals surface area contributed by atoms with Crippen LogP contribution in [0.2, 0.25) is 0 Å². The summed E-state index contributed by atoms with van der Waals surface area (Å²) >= 11 is 2.69. The van der Waals surface area contributed by atoms with Crippen LogP contribution in [0, 0.1) is 0 Å². The molecular weight excluding hydrogens is 336 g/mol. The number of fused-ring (bicyclic) bond motifs is 1. The van der Waals surface area contributed by atoms with E-state index in [0.717, 1.165) is 0 Å². The van der Waals surface area contributed by atoms with Crippen LogP contribution in [0.3, 0.4) is 0 Å². The molecule has 0 unspecified atom stereocenters. The van der Waals surface area contributed by atoms with Crippen molar-refractivity contribution >= 4 is 40.0 Å². The summed E-state index contributed by atoms with van der Waals surface area (Å²) in [6.45, 7) is 1.23. The molecule has 1 N–H and O–H groups in total. The van der Waals surface area contributed by atoms with Crippen LogP contribution in [-0.4, -0.2) is 53.0 Å². The number of carbonyl (C=O) groups excluding carboxylic acids is 2.